The van der Waals surface area contributed by atoms with Gasteiger partial charge in [0.2, 0.25) is 0 Å². The van der Waals surface area contributed by atoms with Crippen LogP contribution in [-0.4, -0.2) is 21.0 Å². The van der Waals surface area contributed by atoms with E-state index in [1.165, 1.54) is 24.4 Å². The lowest BCUT2D eigenvalue weighted by Crippen LogP contribution is -1.95. The van der Waals surface area contributed by atoms with E-state index in [-0.39, 0.29) is 11.4 Å². The highest BCUT2D eigenvalue weighted by Crippen LogP contribution is 2.30. The van der Waals surface area contributed by atoms with E-state index in [1.54, 1.807) is 26.0 Å². The Morgan fingerprint density at radius 3 is 2.54 bits per heavy atom. The lowest BCUT2D eigenvalue weighted by atomic mass is 10.0. The van der Waals surface area contributed by atoms with Crippen LogP contribution >= 0.6 is 0 Å². The maximum absolute atomic E-state index is 11.2. The maximum Gasteiger partial charge on any atom is 0.287 e. The summed E-state index contributed by atoms with van der Waals surface area (Å²) < 4.78 is 5.67. The third-order valence-corrected chi connectivity index (χ3v) is 4.08. The molecule has 2 heterocycles. The van der Waals surface area contributed by atoms with Crippen molar-refractivity contribution in [3.63, 3.8) is 0 Å². The molecular weight excluding hydrogens is 366 g/mol. The second kappa shape index (κ2) is 7.66. The zero-order valence-corrected chi connectivity index (χ0v) is 14.9. The number of hydrogen-bond donors (Lipinski definition) is 1. The van der Waals surface area contributed by atoms with Crippen LogP contribution in [0.25, 0.3) is 11.3 Å². The number of rotatable bonds is 6. The molecule has 0 aliphatic rings. The largest absolute Gasteiger partial charge is 0.455 e. The van der Waals surface area contributed by atoms with Crippen LogP contribution in [0.4, 0.5) is 17.2 Å². The standard InChI is InChI=1S/C18H15N5O5/c1-11-7-13(8-16(12(11)2)23(26)27)17-5-4-15(28-17)10-20-21-18-6-3-14(9-19-18)22(24)25/h3-10H,1-2H3,(H,19,21)/b20-10+. The van der Waals surface area contributed by atoms with E-state index in [0.29, 0.717) is 28.5 Å². The minimum absolute atomic E-state index is 0.0347. The number of anilines is 1. The van der Waals surface area contributed by atoms with Crippen LogP contribution < -0.4 is 5.43 Å². The number of nitrogens with zero attached hydrogens (tertiary/aromatic N) is 4. The Morgan fingerprint density at radius 2 is 1.89 bits per heavy atom. The summed E-state index contributed by atoms with van der Waals surface area (Å²) in [5, 5.41) is 25.8. The zero-order valence-electron chi connectivity index (χ0n) is 14.9. The SMILES string of the molecule is Cc1cc(-c2ccc(/C=N/Nc3ccc([N+](=O)[O-])cn3)o2)cc([N+](=O)[O-])c1C. The number of furan rings is 1. The van der Waals surface area contributed by atoms with Gasteiger partial charge in [-0.1, -0.05) is 0 Å². The van der Waals surface area contributed by atoms with Crippen LogP contribution in [0.1, 0.15) is 16.9 Å². The van der Waals surface area contributed by atoms with Crippen molar-refractivity contribution in [3.05, 3.63) is 79.7 Å². The highest BCUT2D eigenvalue weighted by Gasteiger charge is 2.16. The molecule has 10 nitrogen and oxygen atoms in total. The molecule has 0 aliphatic carbocycles. The summed E-state index contributed by atoms with van der Waals surface area (Å²) >= 11 is 0. The minimum atomic E-state index is -0.540. The third-order valence-electron chi connectivity index (χ3n) is 4.08. The van der Waals surface area contributed by atoms with Gasteiger partial charge in [0.05, 0.1) is 16.1 Å². The van der Waals surface area contributed by atoms with Crippen LogP contribution in [-0.2, 0) is 0 Å². The summed E-state index contributed by atoms with van der Waals surface area (Å²) in [6, 6.07) is 9.39. The van der Waals surface area contributed by atoms with Crippen molar-refractivity contribution >= 4 is 23.4 Å². The molecule has 0 fully saturated rings. The van der Waals surface area contributed by atoms with Crippen molar-refractivity contribution in [2.45, 2.75) is 13.8 Å². The average Bonchev–Trinajstić information content (AvgIpc) is 3.13. The van der Waals surface area contributed by atoms with E-state index in [2.05, 4.69) is 15.5 Å². The Labute approximate surface area is 158 Å². The predicted octanol–water partition coefficient (Wildman–Crippen LogP) is 4.22. The van der Waals surface area contributed by atoms with Gasteiger partial charge in [0, 0.05) is 23.3 Å². The molecule has 28 heavy (non-hydrogen) atoms. The van der Waals surface area contributed by atoms with Crippen LogP contribution in [0.15, 0.2) is 52.1 Å². The predicted molar refractivity (Wildman–Crippen MR) is 102 cm³/mol. The van der Waals surface area contributed by atoms with Crippen LogP contribution in [0.2, 0.25) is 0 Å². The molecule has 0 saturated carbocycles. The monoisotopic (exact) mass is 381 g/mol. The fourth-order valence-corrected chi connectivity index (χ4v) is 2.47. The number of pyridine rings is 1. The number of hydrogen-bond acceptors (Lipinski definition) is 8. The molecule has 0 saturated heterocycles. The van der Waals surface area contributed by atoms with E-state index in [4.69, 9.17) is 4.42 Å². The molecule has 3 aromatic rings. The van der Waals surface area contributed by atoms with Crippen LogP contribution in [0.3, 0.4) is 0 Å². The van der Waals surface area contributed by atoms with E-state index >= 15 is 0 Å². The van der Waals surface area contributed by atoms with Crippen molar-refractivity contribution in [2.24, 2.45) is 5.10 Å². The molecule has 1 N–H and O–H groups in total. The summed E-state index contributed by atoms with van der Waals surface area (Å²) in [5.41, 5.74) is 4.56. The number of nitro groups is 2. The molecule has 0 unspecified atom stereocenters. The average molecular weight is 381 g/mol. The van der Waals surface area contributed by atoms with Crippen LogP contribution in [0, 0.1) is 34.1 Å². The molecular formula is C18H15N5O5. The quantitative estimate of drug-likeness (QED) is 0.383. The fraction of sp³-hybridized carbons (Fsp3) is 0.111. The normalized spacial score (nSPS) is 10.9. The van der Waals surface area contributed by atoms with E-state index in [1.807, 2.05) is 6.07 Å². The van der Waals surface area contributed by atoms with Gasteiger partial charge in [-0.05, 0) is 43.7 Å². The van der Waals surface area contributed by atoms with Gasteiger partial charge in [-0.3, -0.25) is 25.7 Å². The molecule has 2 aromatic heterocycles. The molecule has 0 atom stereocenters. The fourth-order valence-electron chi connectivity index (χ4n) is 2.47. The summed E-state index contributed by atoms with van der Waals surface area (Å²) in [4.78, 5) is 24.7. The number of nitro benzene ring substituents is 1. The topological polar surface area (TPSA) is 137 Å². The summed E-state index contributed by atoms with van der Waals surface area (Å²) in [7, 11) is 0. The lowest BCUT2D eigenvalue weighted by molar-refractivity contribution is -0.385. The van der Waals surface area contributed by atoms with E-state index in [9.17, 15) is 20.2 Å². The number of benzene rings is 1. The first-order valence-corrected chi connectivity index (χ1v) is 8.10. The first-order chi connectivity index (χ1) is 13.3. The van der Waals surface area contributed by atoms with Crippen molar-refractivity contribution in [1.29, 1.82) is 0 Å². The molecule has 0 aliphatic heterocycles. The Morgan fingerprint density at radius 1 is 1.11 bits per heavy atom. The van der Waals surface area contributed by atoms with Crippen LogP contribution in [0.5, 0.6) is 0 Å². The second-order valence-corrected chi connectivity index (χ2v) is 5.93. The number of hydrazone groups is 1. The highest BCUT2D eigenvalue weighted by molar-refractivity contribution is 5.78. The van der Waals surface area contributed by atoms with Gasteiger partial charge < -0.3 is 4.42 Å². The van der Waals surface area contributed by atoms with Gasteiger partial charge >= 0.3 is 0 Å². The van der Waals surface area contributed by atoms with Crippen molar-refractivity contribution in [3.8, 4) is 11.3 Å². The smallest absolute Gasteiger partial charge is 0.287 e. The molecule has 3 rings (SSSR count). The molecule has 10 heteroatoms. The molecule has 1 aromatic carbocycles. The lowest BCUT2D eigenvalue weighted by Gasteiger charge is -2.04. The molecule has 142 valence electrons. The Bertz CT molecular complexity index is 1070. The first kappa shape index (κ1) is 18.7. The number of aromatic nitrogens is 1. The number of nitrogens with one attached hydrogen (secondary N) is 1. The molecule has 0 bridgehead atoms. The Balaban J connectivity index is 1.74. The van der Waals surface area contributed by atoms with Gasteiger partial charge in [0.1, 0.15) is 23.5 Å². The van der Waals surface area contributed by atoms with Gasteiger partial charge in [-0.25, -0.2) is 4.98 Å². The summed E-state index contributed by atoms with van der Waals surface area (Å²) in [6.07, 6.45) is 2.53. The van der Waals surface area contributed by atoms with Gasteiger partial charge in [-0.15, -0.1) is 0 Å². The molecule has 0 amide bonds. The van der Waals surface area contributed by atoms with Crippen molar-refractivity contribution in [1.82, 2.24) is 4.98 Å². The first-order valence-electron chi connectivity index (χ1n) is 8.10. The van der Waals surface area contributed by atoms with Gasteiger partial charge in [-0.2, -0.15) is 5.10 Å². The Hall–Kier alpha value is -4.08. The number of aryl methyl sites for hydroxylation is 1. The maximum atomic E-state index is 11.2. The van der Waals surface area contributed by atoms with Gasteiger partial charge in [0.25, 0.3) is 11.4 Å². The third kappa shape index (κ3) is 4.01. The molecule has 0 spiro atoms. The Kier molecular flexibility index (Phi) is 5.12. The van der Waals surface area contributed by atoms with Crippen molar-refractivity contribution < 1.29 is 14.3 Å². The molecule has 0 radical (unpaired) electrons. The summed E-state index contributed by atoms with van der Waals surface area (Å²) in [5.74, 6) is 1.23. The second-order valence-electron chi connectivity index (χ2n) is 5.93. The van der Waals surface area contributed by atoms with Crippen molar-refractivity contribution in [2.75, 3.05) is 5.43 Å². The van der Waals surface area contributed by atoms with Gasteiger partial charge in [0.15, 0.2) is 0 Å². The summed E-state index contributed by atoms with van der Waals surface area (Å²) in [6.45, 7) is 3.51. The van der Waals surface area contributed by atoms with E-state index in [0.717, 1.165) is 11.8 Å². The zero-order chi connectivity index (χ0) is 20.3. The van der Waals surface area contributed by atoms with E-state index < -0.39 is 9.85 Å². The highest BCUT2D eigenvalue weighted by atomic mass is 16.6. The minimum Gasteiger partial charge on any atom is -0.455 e.